The van der Waals surface area contributed by atoms with Gasteiger partial charge in [-0.1, -0.05) is 5.92 Å². The number of rotatable bonds is 2. The van der Waals surface area contributed by atoms with E-state index in [1.807, 2.05) is 0 Å². The number of ether oxygens (including phenoxy) is 1. The van der Waals surface area contributed by atoms with Crippen molar-refractivity contribution >= 4 is 0 Å². The SMILES string of the molecule is C#Cc1ccc(-n2cnc(C(F)(F)F)c2)c(OC)c1. The number of benzene rings is 1. The Hall–Kier alpha value is -2.42. The molecule has 0 N–H and O–H groups in total. The predicted molar refractivity (Wildman–Crippen MR) is 63.1 cm³/mol. The first kappa shape index (κ1) is 13.0. The molecule has 0 saturated heterocycles. The second kappa shape index (κ2) is 4.69. The molecule has 0 atom stereocenters. The lowest BCUT2D eigenvalue weighted by Gasteiger charge is -2.09. The maximum absolute atomic E-state index is 12.5. The Morgan fingerprint density at radius 1 is 1.37 bits per heavy atom. The molecule has 6 heteroatoms. The second-order valence-corrected chi connectivity index (χ2v) is 3.69. The monoisotopic (exact) mass is 266 g/mol. The summed E-state index contributed by atoms with van der Waals surface area (Å²) in [5.41, 5.74) is 0.0526. The summed E-state index contributed by atoms with van der Waals surface area (Å²) in [6.07, 6.45) is 2.75. The van der Waals surface area contributed by atoms with Gasteiger partial charge in [-0.3, -0.25) is 0 Å². The molecule has 0 fully saturated rings. The van der Waals surface area contributed by atoms with Crippen LogP contribution in [0.5, 0.6) is 5.75 Å². The zero-order chi connectivity index (χ0) is 14.0. The average molecular weight is 266 g/mol. The summed E-state index contributed by atoms with van der Waals surface area (Å²) >= 11 is 0. The molecule has 98 valence electrons. The van der Waals surface area contributed by atoms with Gasteiger partial charge in [0, 0.05) is 11.8 Å². The number of imidazole rings is 1. The van der Waals surface area contributed by atoms with Crippen molar-refractivity contribution in [3.8, 4) is 23.8 Å². The molecule has 2 rings (SSSR count). The van der Waals surface area contributed by atoms with Crippen LogP contribution in [0.4, 0.5) is 13.2 Å². The quantitative estimate of drug-likeness (QED) is 0.781. The minimum Gasteiger partial charge on any atom is -0.495 e. The largest absolute Gasteiger partial charge is 0.495 e. The maximum atomic E-state index is 12.5. The van der Waals surface area contributed by atoms with E-state index in [2.05, 4.69) is 10.9 Å². The third kappa shape index (κ3) is 2.55. The van der Waals surface area contributed by atoms with Crippen molar-refractivity contribution in [3.05, 3.63) is 42.0 Å². The van der Waals surface area contributed by atoms with E-state index in [-0.39, 0.29) is 0 Å². The molecule has 19 heavy (non-hydrogen) atoms. The van der Waals surface area contributed by atoms with E-state index < -0.39 is 11.9 Å². The van der Waals surface area contributed by atoms with Gasteiger partial charge in [-0.25, -0.2) is 4.98 Å². The highest BCUT2D eigenvalue weighted by atomic mass is 19.4. The molecule has 3 nitrogen and oxygen atoms in total. The number of aromatic nitrogens is 2. The molecule has 0 unspecified atom stereocenters. The van der Waals surface area contributed by atoms with Gasteiger partial charge in [0.2, 0.25) is 0 Å². The zero-order valence-corrected chi connectivity index (χ0v) is 9.90. The standard InChI is InChI=1S/C13H9F3N2O/c1-3-9-4-5-10(11(6-9)19-2)18-7-12(17-8-18)13(14,15)16/h1,4-8H,2H3. The van der Waals surface area contributed by atoms with Gasteiger partial charge in [-0.15, -0.1) is 6.42 Å². The summed E-state index contributed by atoms with van der Waals surface area (Å²) in [5.74, 6) is 2.80. The molecule has 0 amide bonds. The number of methoxy groups -OCH3 is 1. The van der Waals surface area contributed by atoms with Gasteiger partial charge < -0.3 is 9.30 Å². The molecule has 0 aliphatic heterocycles. The minimum atomic E-state index is -4.47. The Morgan fingerprint density at radius 3 is 2.63 bits per heavy atom. The topological polar surface area (TPSA) is 27.1 Å². The Morgan fingerprint density at radius 2 is 2.11 bits per heavy atom. The maximum Gasteiger partial charge on any atom is 0.434 e. The summed E-state index contributed by atoms with van der Waals surface area (Å²) in [7, 11) is 1.42. The van der Waals surface area contributed by atoms with Gasteiger partial charge in [0.05, 0.1) is 19.1 Å². The molecule has 0 aliphatic carbocycles. The summed E-state index contributed by atoms with van der Waals surface area (Å²) in [4.78, 5) is 3.32. The molecule has 0 saturated carbocycles. The van der Waals surface area contributed by atoms with Crippen LogP contribution in [0.15, 0.2) is 30.7 Å². The molecular weight excluding hydrogens is 257 g/mol. The molecule has 0 spiro atoms. The van der Waals surface area contributed by atoms with E-state index in [4.69, 9.17) is 11.2 Å². The number of hydrogen-bond donors (Lipinski definition) is 0. The summed E-state index contributed by atoms with van der Waals surface area (Å²) in [6.45, 7) is 0. The third-order valence-electron chi connectivity index (χ3n) is 2.50. The number of halogens is 3. The summed E-state index contributed by atoms with van der Waals surface area (Å²) < 4.78 is 43.8. The molecular formula is C13H9F3N2O. The van der Waals surface area contributed by atoms with Crippen LogP contribution in [0.3, 0.4) is 0 Å². The van der Waals surface area contributed by atoms with Crippen LogP contribution in [0.2, 0.25) is 0 Å². The second-order valence-electron chi connectivity index (χ2n) is 3.69. The fourth-order valence-electron chi connectivity index (χ4n) is 1.58. The van der Waals surface area contributed by atoms with Crippen molar-refractivity contribution in [3.63, 3.8) is 0 Å². The normalized spacial score (nSPS) is 11.1. The molecule has 0 aliphatic rings. The molecule has 0 radical (unpaired) electrons. The first-order chi connectivity index (χ1) is 8.95. The van der Waals surface area contributed by atoms with Crippen molar-refractivity contribution in [2.45, 2.75) is 6.18 Å². The van der Waals surface area contributed by atoms with Gasteiger partial charge in [0.1, 0.15) is 5.75 Å². The lowest BCUT2D eigenvalue weighted by Crippen LogP contribution is -2.05. The highest BCUT2D eigenvalue weighted by Crippen LogP contribution is 2.30. The van der Waals surface area contributed by atoms with E-state index in [9.17, 15) is 13.2 Å². The van der Waals surface area contributed by atoms with Crippen molar-refractivity contribution in [1.29, 1.82) is 0 Å². The van der Waals surface area contributed by atoms with Crippen LogP contribution < -0.4 is 4.74 Å². The van der Waals surface area contributed by atoms with Crippen LogP contribution in [0, 0.1) is 12.3 Å². The molecule has 1 heterocycles. The zero-order valence-electron chi connectivity index (χ0n) is 9.90. The smallest absolute Gasteiger partial charge is 0.434 e. The summed E-state index contributed by atoms with van der Waals surface area (Å²) in [6, 6.07) is 4.77. The van der Waals surface area contributed by atoms with E-state index in [1.54, 1.807) is 18.2 Å². The van der Waals surface area contributed by atoms with Gasteiger partial charge >= 0.3 is 6.18 Å². The van der Waals surface area contributed by atoms with Crippen LogP contribution in [0.25, 0.3) is 5.69 Å². The highest BCUT2D eigenvalue weighted by molar-refractivity contribution is 5.52. The van der Waals surface area contributed by atoms with E-state index in [0.29, 0.717) is 17.0 Å². The van der Waals surface area contributed by atoms with Crippen LogP contribution >= 0.6 is 0 Å². The first-order valence-electron chi connectivity index (χ1n) is 5.22. The lowest BCUT2D eigenvalue weighted by atomic mass is 10.2. The van der Waals surface area contributed by atoms with Gasteiger partial charge in [0.15, 0.2) is 5.69 Å². The lowest BCUT2D eigenvalue weighted by molar-refractivity contribution is -0.140. The Kier molecular flexibility index (Phi) is 3.21. The summed E-state index contributed by atoms with van der Waals surface area (Å²) in [5, 5.41) is 0. The average Bonchev–Trinajstić information content (AvgIpc) is 2.87. The van der Waals surface area contributed by atoms with E-state index in [0.717, 1.165) is 12.5 Å². The van der Waals surface area contributed by atoms with Gasteiger partial charge in [-0.05, 0) is 18.2 Å². The molecule has 1 aromatic carbocycles. The Balaban J connectivity index is 2.48. The van der Waals surface area contributed by atoms with E-state index >= 15 is 0 Å². The number of hydrogen-bond acceptors (Lipinski definition) is 2. The predicted octanol–water partition coefficient (Wildman–Crippen LogP) is 2.88. The fourth-order valence-corrected chi connectivity index (χ4v) is 1.58. The minimum absolute atomic E-state index is 0.376. The van der Waals surface area contributed by atoms with Crippen molar-refractivity contribution in [2.75, 3.05) is 7.11 Å². The number of terminal acetylenes is 1. The van der Waals surface area contributed by atoms with Crippen LogP contribution in [-0.2, 0) is 6.18 Å². The molecule has 2 aromatic rings. The van der Waals surface area contributed by atoms with Crippen molar-refractivity contribution < 1.29 is 17.9 Å². The Bertz CT molecular complexity index is 638. The van der Waals surface area contributed by atoms with E-state index in [1.165, 1.54) is 11.7 Å². The van der Waals surface area contributed by atoms with Gasteiger partial charge in [0.25, 0.3) is 0 Å². The number of nitrogens with zero attached hydrogens (tertiary/aromatic N) is 2. The van der Waals surface area contributed by atoms with Gasteiger partial charge in [-0.2, -0.15) is 13.2 Å². The van der Waals surface area contributed by atoms with Crippen LogP contribution in [-0.4, -0.2) is 16.7 Å². The van der Waals surface area contributed by atoms with Crippen LogP contribution in [0.1, 0.15) is 11.3 Å². The molecule has 1 aromatic heterocycles. The molecule has 0 bridgehead atoms. The Labute approximate surface area is 107 Å². The van der Waals surface area contributed by atoms with Crippen molar-refractivity contribution in [1.82, 2.24) is 9.55 Å². The highest BCUT2D eigenvalue weighted by Gasteiger charge is 2.33. The third-order valence-corrected chi connectivity index (χ3v) is 2.50. The fraction of sp³-hybridized carbons (Fsp3) is 0.154. The number of alkyl halides is 3. The first-order valence-corrected chi connectivity index (χ1v) is 5.22. The van der Waals surface area contributed by atoms with Crippen molar-refractivity contribution in [2.24, 2.45) is 0 Å².